The lowest BCUT2D eigenvalue weighted by molar-refractivity contribution is -0.147. The molecule has 1 rings (SSSR count). The SMILES string of the molecule is CCOC(=O)C[C@@H](C)[C@H](NC(=O)[C@@H](Cc1ccccc1F)NC(C)=O)C(=O)O. The lowest BCUT2D eigenvalue weighted by Crippen LogP contribution is -2.54. The maximum absolute atomic E-state index is 13.9. The third kappa shape index (κ3) is 7.34. The van der Waals surface area contributed by atoms with Crippen LogP contribution in [-0.4, -0.2) is 47.6 Å². The highest BCUT2D eigenvalue weighted by atomic mass is 19.1. The van der Waals surface area contributed by atoms with Gasteiger partial charge in [0.2, 0.25) is 11.8 Å². The second-order valence-electron chi connectivity index (χ2n) is 6.36. The fourth-order valence-corrected chi connectivity index (χ4v) is 2.64. The summed E-state index contributed by atoms with van der Waals surface area (Å²) in [6.07, 6.45) is -0.361. The molecule has 0 spiro atoms. The third-order valence-corrected chi connectivity index (χ3v) is 4.00. The average molecular weight is 396 g/mol. The van der Waals surface area contributed by atoms with E-state index in [2.05, 4.69) is 10.6 Å². The predicted molar refractivity (Wildman–Crippen MR) is 97.7 cm³/mol. The first-order chi connectivity index (χ1) is 13.1. The number of rotatable bonds is 10. The topological polar surface area (TPSA) is 122 Å². The van der Waals surface area contributed by atoms with E-state index in [1.54, 1.807) is 13.0 Å². The van der Waals surface area contributed by atoms with Crippen molar-refractivity contribution in [1.82, 2.24) is 10.6 Å². The summed E-state index contributed by atoms with van der Waals surface area (Å²) in [5, 5.41) is 14.1. The number of carboxylic acids is 1. The molecule has 0 aromatic heterocycles. The van der Waals surface area contributed by atoms with Gasteiger partial charge in [-0.05, 0) is 24.5 Å². The number of carbonyl (C=O) groups is 4. The summed E-state index contributed by atoms with van der Waals surface area (Å²) in [6.45, 7) is 4.46. The number of halogens is 1. The second-order valence-corrected chi connectivity index (χ2v) is 6.36. The van der Waals surface area contributed by atoms with Gasteiger partial charge >= 0.3 is 11.9 Å². The largest absolute Gasteiger partial charge is 0.480 e. The lowest BCUT2D eigenvalue weighted by atomic mass is 9.97. The molecular formula is C19H25FN2O6. The van der Waals surface area contributed by atoms with Gasteiger partial charge in [0.1, 0.15) is 17.9 Å². The van der Waals surface area contributed by atoms with Crippen molar-refractivity contribution >= 4 is 23.8 Å². The zero-order chi connectivity index (χ0) is 21.3. The minimum Gasteiger partial charge on any atom is -0.480 e. The van der Waals surface area contributed by atoms with Crippen LogP contribution in [0.5, 0.6) is 0 Å². The first kappa shape index (κ1) is 23.1. The molecule has 0 aliphatic carbocycles. The van der Waals surface area contributed by atoms with Gasteiger partial charge in [-0.15, -0.1) is 0 Å². The molecule has 0 aliphatic heterocycles. The van der Waals surface area contributed by atoms with Crippen molar-refractivity contribution < 1.29 is 33.4 Å². The molecule has 1 aromatic carbocycles. The number of nitrogens with one attached hydrogen (secondary N) is 2. The smallest absolute Gasteiger partial charge is 0.326 e. The second kappa shape index (κ2) is 11.0. The molecule has 0 aliphatic rings. The highest BCUT2D eigenvalue weighted by molar-refractivity contribution is 5.90. The fourth-order valence-electron chi connectivity index (χ4n) is 2.64. The highest BCUT2D eigenvalue weighted by Gasteiger charge is 2.31. The molecule has 3 N–H and O–H groups in total. The number of hydrogen-bond donors (Lipinski definition) is 3. The first-order valence-corrected chi connectivity index (χ1v) is 8.85. The summed E-state index contributed by atoms with van der Waals surface area (Å²) in [7, 11) is 0. The Kier molecular flexibility index (Phi) is 9.07. The van der Waals surface area contributed by atoms with Crippen LogP contribution >= 0.6 is 0 Å². The Morgan fingerprint density at radius 2 is 1.82 bits per heavy atom. The van der Waals surface area contributed by atoms with E-state index < -0.39 is 47.6 Å². The minimum absolute atomic E-state index is 0.156. The van der Waals surface area contributed by atoms with E-state index in [-0.39, 0.29) is 25.0 Å². The molecule has 9 heteroatoms. The van der Waals surface area contributed by atoms with Gasteiger partial charge < -0.3 is 20.5 Å². The molecule has 154 valence electrons. The minimum atomic E-state index is -1.38. The Hall–Kier alpha value is -2.97. The van der Waals surface area contributed by atoms with Gasteiger partial charge in [0.15, 0.2) is 0 Å². The Morgan fingerprint density at radius 3 is 2.36 bits per heavy atom. The molecule has 8 nitrogen and oxygen atoms in total. The van der Waals surface area contributed by atoms with Gasteiger partial charge in [-0.1, -0.05) is 25.1 Å². The molecule has 0 heterocycles. The third-order valence-electron chi connectivity index (χ3n) is 4.00. The number of aliphatic carboxylic acids is 1. The van der Waals surface area contributed by atoms with Crippen LogP contribution < -0.4 is 10.6 Å². The Bertz CT molecular complexity index is 724. The highest BCUT2D eigenvalue weighted by Crippen LogP contribution is 2.13. The van der Waals surface area contributed by atoms with Gasteiger partial charge in [-0.2, -0.15) is 0 Å². The van der Waals surface area contributed by atoms with Crippen LogP contribution in [0.25, 0.3) is 0 Å². The number of carbonyl (C=O) groups excluding carboxylic acids is 3. The van der Waals surface area contributed by atoms with Crippen LogP contribution in [0.15, 0.2) is 24.3 Å². The van der Waals surface area contributed by atoms with Crippen molar-refractivity contribution in [2.45, 2.75) is 45.7 Å². The number of carboxylic acid groups (broad SMARTS) is 1. The van der Waals surface area contributed by atoms with Crippen molar-refractivity contribution in [2.24, 2.45) is 5.92 Å². The van der Waals surface area contributed by atoms with Crippen molar-refractivity contribution in [3.63, 3.8) is 0 Å². The monoisotopic (exact) mass is 396 g/mol. The van der Waals surface area contributed by atoms with Crippen molar-refractivity contribution in [1.29, 1.82) is 0 Å². The van der Waals surface area contributed by atoms with E-state index in [9.17, 15) is 28.7 Å². The van der Waals surface area contributed by atoms with Gasteiger partial charge in [0.25, 0.3) is 0 Å². The standard InChI is InChI=1S/C19H25FN2O6/c1-4-28-16(24)9-11(2)17(19(26)27)22-18(25)15(21-12(3)23)10-13-7-5-6-8-14(13)20/h5-8,11,15,17H,4,9-10H2,1-3H3,(H,21,23)(H,22,25)(H,26,27)/t11-,15-,17+/m1/s1. The number of benzene rings is 1. The summed E-state index contributed by atoms with van der Waals surface area (Å²) in [4.78, 5) is 47.2. The molecule has 1 aromatic rings. The van der Waals surface area contributed by atoms with E-state index in [0.29, 0.717) is 0 Å². The number of amides is 2. The summed E-state index contributed by atoms with van der Waals surface area (Å²) in [6, 6.07) is 3.21. The zero-order valence-electron chi connectivity index (χ0n) is 16.0. The molecule has 2 amide bonds. The molecule has 28 heavy (non-hydrogen) atoms. The van der Waals surface area contributed by atoms with Crippen LogP contribution in [0.4, 0.5) is 4.39 Å². The van der Waals surface area contributed by atoms with E-state index in [0.717, 1.165) is 0 Å². The van der Waals surface area contributed by atoms with Gasteiger partial charge in [-0.25, -0.2) is 9.18 Å². The van der Waals surface area contributed by atoms with E-state index in [1.807, 2.05) is 0 Å². The van der Waals surface area contributed by atoms with Crippen LogP contribution in [0.2, 0.25) is 0 Å². The maximum Gasteiger partial charge on any atom is 0.326 e. The van der Waals surface area contributed by atoms with Crippen LogP contribution in [0.1, 0.15) is 32.8 Å². The fraction of sp³-hybridized carbons (Fsp3) is 0.474. The number of ether oxygens (including phenoxy) is 1. The van der Waals surface area contributed by atoms with Crippen molar-refractivity contribution in [3.8, 4) is 0 Å². The van der Waals surface area contributed by atoms with Gasteiger partial charge in [0, 0.05) is 13.3 Å². The Labute approximate surface area is 162 Å². The molecule has 0 bridgehead atoms. The summed E-state index contributed by atoms with van der Waals surface area (Å²) in [5.41, 5.74) is 0.197. The Balaban J connectivity index is 2.93. The maximum atomic E-state index is 13.9. The quantitative estimate of drug-likeness (QED) is 0.508. The molecule has 0 radical (unpaired) electrons. The molecule has 0 fully saturated rings. The summed E-state index contributed by atoms with van der Waals surface area (Å²) in [5.74, 6) is -4.54. The Morgan fingerprint density at radius 1 is 1.18 bits per heavy atom. The predicted octanol–water partition coefficient (Wildman–Crippen LogP) is 1.03. The van der Waals surface area contributed by atoms with Crippen LogP contribution in [-0.2, 0) is 30.3 Å². The molecule has 3 atom stereocenters. The molecule has 0 unspecified atom stereocenters. The first-order valence-electron chi connectivity index (χ1n) is 8.85. The average Bonchev–Trinajstić information content (AvgIpc) is 2.60. The van der Waals surface area contributed by atoms with E-state index in [1.165, 1.54) is 32.0 Å². The van der Waals surface area contributed by atoms with Crippen molar-refractivity contribution in [3.05, 3.63) is 35.6 Å². The number of hydrogen-bond acceptors (Lipinski definition) is 5. The van der Waals surface area contributed by atoms with Crippen LogP contribution in [0.3, 0.4) is 0 Å². The lowest BCUT2D eigenvalue weighted by Gasteiger charge is -2.24. The van der Waals surface area contributed by atoms with E-state index >= 15 is 0 Å². The van der Waals surface area contributed by atoms with Gasteiger partial charge in [-0.3, -0.25) is 14.4 Å². The van der Waals surface area contributed by atoms with Crippen LogP contribution in [0, 0.1) is 11.7 Å². The molecule has 0 saturated heterocycles. The normalized spacial score (nSPS) is 13.7. The molecular weight excluding hydrogens is 371 g/mol. The zero-order valence-corrected chi connectivity index (χ0v) is 16.0. The van der Waals surface area contributed by atoms with Gasteiger partial charge in [0.05, 0.1) is 13.0 Å². The summed E-state index contributed by atoms with van der Waals surface area (Å²) >= 11 is 0. The molecule has 0 saturated carbocycles. The summed E-state index contributed by atoms with van der Waals surface area (Å²) < 4.78 is 18.7. The van der Waals surface area contributed by atoms with Crippen molar-refractivity contribution in [2.75, 3.05) is 6.61 Å². The number of esters is 1. The van der Waals surface area contributed by atoms with E-state index in [4.69, 9.17) is 4.74 Å².